The Kier molecular flexibility index (Phi) is 5.91. The number of carboxylic acid groups (broad SMARTS) is 1. The number of carbonyl (C=O) groups excluding carboxylic acids is 2. The third-order valence-corrected chi connectivity index (χ3v) is 6.12. The van der Waals surface area contributed by atoms with Crippen molar-refractivity contribution in [3.8, 4) is 0 Å². The minimum Gasteiger partial charge on any atom is -0.481 e. The maximum atomic E-state index is 13.0. The summed E-state index contributed by atoms with van der Waals surface area (Å²) in [5, 5.41) is 12.2. The molecule has 1 atom stereocenters. The smallest absolute Gasteiger partial charge is 0.321 e. The van der Waals surface area contributed by atoms with Gasteiger partial charge in [-0.2, -0.15) is 0 Å². The Hall–Kier alpha value is -2.57. The molecule has 3 rings (SSSR count). The second kappa shape index (κ2) is 8.20. The summed E-state index contributed by atoms with van der Waals surface area (Å²) in [4.78, 5) is 40.4. The molecular formula is C21H29N3O4. The standard InChI is InChI=1S/C21H29N3O4/c1-21(19(26)27)12-13-24(14-21)20(28)22-17-11-7-6-10-16(17)18(25)23(2)15-8-4-3-5-9-15/h6-7,10-11,15H,3-5,8-9,12-14H2,1-2H3,(H,22,28)(H,26,27). The van der Waals surface area contributed by atoms with E-state index in [0.717, 1.165) is 25.7 Å². The molecule has 28 heavy (non-hydrogen) atoms. The van der Waals surface area contributed by atoms with Crippen molar-refractivity contribution in [3.05, 3.63) is 29.8 Å². The third kappa shape index (κ3) is 4.13. The number of hydrogen-bond acceptors (Lipinski definition) is 3. The van der Waals surface area contributed by atoms with Crippen LogP contribution in [0.3, 0.4) is 0 Å². The molecule has 152 valence electrons. The molecule has 2 N–H and O–H groups in total. The van der Waals surface area contributed by atoms with E-state index in [1.165, 1.54) is 11.3 Å². The highest BCUT2D eigenvalue weighted by atomic mass is 16.4. The first-order valence-electron chi connectivity index (χ1n) is 9.97. The molecule has 0 radical (unpaired) electrons. The first-order chi connectivity index (χ1) is 13.3. The Morgan fingerprint density at radius 3 is 2.50 bits per heavy atom. The van der Waals surface area contributed by atoms with E-state index in [9.17, 15) is 19.5 Å². The molecule has 1 heterocycles. The molecule has 2 aliphatic rings. The van der Waals surface area contributed by atoms with Crippen LogP contribution in [0.1, 0.15) is 55.8 Å². The normalized spacial score (nSPS) is 22.7. The zero-order chi connectivity index (χ0) is 20.3. The Morgan fingerprint density at radius 1 is 1.18 bits per heavy atom. The second-order valence-electron chi connectivity index (χ2n) is 8.22. The summed E-state index contributed by atoms with van der Waals surface area (Å²) >= 11 is 0. The van der Waals surface area contributed by atoms with Gasteiger partial charge in [0.05, 0.1) is 16.7 Å². The number of likely N-dealkylation sites (tertiary alicyclic amines) is 1. The van der Waals surface area contributed by atoms with Crippen LogP contribution >= 0.6 is 0 Å². The number of carbonyl (C=O) groups is 3. The van der Waals surface area contributed by atoms with Crippen molar-refractivity contribution in [1.29, 1.82) is 0 Å². The minimum absolute atomic E-state index is 0.0976. The fourth-order valence-electron chi connectivity index (χ4n) is 4.11. The Bertz CT molecular complexity index is 760. The molecule has 1 aromatic carbocycles. The highest BCUT2D eigenvalue weighted by molar-refractivity contribution is 6.03. The van der Waals surface area contributed by atoms with Crippen molar-refractivity contribution < 1.29 is 19.5 Å². The topological polar surface area (TPSA) is 90.0 Å². The molecular weight excluding hydrogens is 358 g/mol. The van der Waals surface area contributed by atoms with Gasteiger partial charge in [0.25, 0.3) is 5.91 Å². The van der Waals surface area contributed by atoms with Crippen LogP contribution in [0.15, 0.2) is 24.3 Å². The summed E-state index contributed by atoms with van der Waals surface area (Å²) in [6.07, 6.45) is 5.93. The monoisotopic (exact) mass is 387 g/mol. The first-order valence-corrected chi connectivity index (χ1v) is 9.97. The predicted molar refractivity (Wildman–Crippen MR) is 106 cm³/mol. The van der Waals surface area contributed by atoms with Crippen molar-refractivity contribution in [2.75, 3.05) is 25.5 Å². The summed E-state index contributed by atoms with van der Waals surface area (Å²) < 4.78 is 0. The number of anilines is 1. The number of nitrogens with one attached hydrogen (secondary N) is 1. The van der Waals surface area contributed by atoms with Gasteiger partial charge in [0.2, 0.25) is 0 Å². The zero-order valence-corrected chi connectivity index (χ0v) is 16.6. The fourth-order valence-corrected chi connectivity index (χ4v) is 4.11. The van der Waals surface area contributed by atoms with E-state index in [0.29, 0.717) is 24.2 Å². The highest BCUT2D eigenvalue weighted by Gasteiger charge is 2.42. The lowest BCUT2D eigenvalue weighted by Crippen LogP contribution is -2.39. The quantitative estimate of drug-likeness (QED) is 0.828. The van der Waals surface area contributed by atoms with Crippen molar-refractivity contribution in [2.24, 2.45) is 5.41 Å². The number of rotatable bonds is 4. The zero-order valence-electron chi connectivity index (χ0n) is 16.6. The summed E-state index contributed by atoms with van der Waals surface area (Å²) in [7, 11) is 1.83. The van der Waals surface area contributed by atoms with Crippen LogP contribution in [0.4, 0.5) is 10.5 Å². The van der Waals surface area contributed by atoms with Gasteiger partial charge in [-0.3, -0.25) is 9.59 Å². The fraction of sp³-hybridized carbons (Fsp3) is 0.571. The summed E-state index contributed by atoms with van der Waals surface area (Å²) in [5.74, 6) is -0.993. The van der Waals surface area contributed by atoms with Crippen LogP contribution in [0, 0.1) is 5.41 Å². The van der Waals surface area contributed by atoms with Gasteiger partial charge in [0.15, 0.2) is 0 Å². The van der Waals surface area contributed by atoms with Gasteiger partial charge in [-0.05, 0) is 38.3 Å². The van der Waals surface area contributed by atoms with Gasteiger partial charge >= 0.3 is 12.0 Å². The van der Waals surface area contributed by atoms with Gasteiger partial charge in [-0.25, -0.2) is 4.79 Å². The lowest BCUT2D eigenvalue weighted by atomic mass is 9.90. The Labute approximate surface area is 165 Å². The molecule has 1 saturated carbocycles. The predicted octanol–water partition coefficient (Wildman–Crippen LogP) is 3.42. The number of benzene rings is 1. The molecule has 1 unspecified atom stereocenters. The number of urea groups is 1. The minimum atomic E-state index is -0.923. The largest absolute Gasteiger partial charge is 0.481 e. The molecule has 7 nitrogen and oxygen atoms in total. The van der Waals surface area contributed by atoms with E-state index in [1.807, 2.05) is 7.05 Å². The van der Waals surface area contributed by atoms with Gasteiger partial charge in [0, 0.05) is 26.2 Å². The number of hydrogen-bond donors (Lipinski definition) is 2. The van der Waals surface area contributed by atoms with Crippen molar-refractivity contribution >= 4 is 23.6 Å². The van der Waals surface area contributed by atoms with Crippen LogP contribution < -0.4 is 5.32 Å². The molecule has 1 aliphatic carbocycles. The number of aliphatic carboxylic acids is 1. The van der Waals surface area contributed by atoms with Crippen LogP contribution in [0.5, 0.6) is 0 Å². The Balaban J connectivity index is 1.71. The van der Waals surface area contributed by atoms with Crippen LogP contribution in [0.25, 0.3) is 0 Å². The van der Waals surface area contributed by atoms with Crippen molar-refractivity contribution in [1.82, 2.24) is 9.80 Å². The van der Waals surface area contributed by atoms with Gasteiger partial charge in [0.1, 0.15) is 0 Å². The Morgan fingerprint density at radius 2 is 1.86 bits per heavy atom. The lowest BCUT2D eigenvalue weighted by molar-refractivity contribution is -0.146. The molecule has 3 amide bonds. The summed E-state index contributed by atoms with van der Waals surface area (Å²) in [6, 6.07) is 6.87. The summed E-state index contributed by atoms with van der Waals surface area (Å²) in [6.45, 7) is 2.19. The molecule has 0 aromatic heterocycles. The van der Waals surface area contributed by atoms with Crippen LogP contribution in [-0.4, -0.2) is 59.0 Å². The molecule has 1 aromatic rings. The average Bonchev–Trinajstić information content (AvgIpc) is 3.12. The molecule has 7 heteroatoms. The van der Waals surface area contributed by atoms with Crippen molar-refractivity contribution in [3.63, 3.8) is 0 Å². The van der Waals surface area contributed by atoms with Gasteiger partial charge in [-0.15, -0.1) is 0 Å². The van der Waals surface area contributed by atoms with Crippen LogP contribution in [0.2, 0.25) is 0 Å². The SMILES string of the molecule is CN(C(=O)c1ccccc1NC(=O)N1CCC(C)(C(=O)O)C1)C1CCCCC1. The van der Waals surface area contributed by atoms with E-state index in [-0.39, 0.29) is 24.5 Å². The summed E-state index contributed by atoms with van der Waals surface area (Å²) in [5.41, 5.74) is 0.00152. The van der Waals surface area contributed by atoms with E-state index < -0.39 is 11.4 Å². The van der Waals surface area contributed by atoms with Gasteiger partial charge in [-0.1, -0.05) is 31.4 Å². The van der Waals surface area contributed by atoms with Gasteiger partial charge < -0.3 is 20.2 Å². The molecule has 2 fully saturated rings. The molecule has 1 aliphatic heterocycles. The average molecular weight is 387 g/mol. The number of carboxylic acids is 1. The van der Waals surface area contributed by atoms with Crippen LogP contribution in [-0.2, 0) is 4.79 Å². The highest BCUT2D eigenvalue weighted by Crippen LogP contribution is 2.31. The van der Waals surface area contributed by atoms with Crippen molar-refractivity contribution in [2.45, 2.75) is 51.5 Å². The van der Waals surface area contributed by atoms with E-state index in [4.69, 9.17) is 0 Å². The van der Waals surface area contributed by atoms with E-state index >= 15 is 0 Å². The molecule has 0 bridgehead atoms. The molecule has 0 spiro atoms. The number of amides is 3. The van der Waals surface area contributed by atoms with E-state index in [1.54, 1.807) is 36.1 Å². The maximum absolute atomic E-state index is 13.0. The number of para-hydroxylation sites is 1. The second-order valence-corrected chi connectivity index (χ2v) is 8.22. The molecule has 1 saturated heterocycles. The lowest BCUT2D eigenvalue weighted by Gasteiger charge is -2.31. The number of nitrogens with zero attached hydrogens (tertiary/aromatic N) is 2. The van der Waals surface area contributed by atoms with E-state index in [2.05, 4.69) is 5.32 Å². The maximum Gasteiger partial charge on any atom is 0.321 e. The first kappa shape index (κ1) is 20.2. The third-order valence-electron chi connectivity index (χ3n) is 6.12.